The van der Waals surface area contributed by atoms with E-state index in [0.29, 0.717) is 15.8 Å². The van der Waals surface area contributed by atoms with Gasteiger partial charge in [0.2, 0.25) is 6.33 Å². The first-order chi connectivity index (χ1) is 5.38. The summed E-state index contributed by atoms with van der Waals surface area (Å²) >= 11 is 0. The molecule has 2 aromatic heterocycles. The zero-order valence-electron chi connectivity index (χ0n) is 5.51. The molecule has 5 heteroatoms. The molecule has 0 saturated heterocycles. The maximum absolute atomic E-state index is 10.9. The Morgan fingerprint density at radius 1 is 1.45 bits per heavy atom. The van der Waals surface area contributed by atoms with Crippen molar-refractivity contribution in [2.24, 2.45) is 0 Å². The van der Waals surface area contributed by atoms with Crippen molar-refractivity contribution in [3.63, 3.8) is 0 Å². The van der Waals surface area contributed by atoms with Crippen LogP contribution >= 0.6 is 0 Å². The summed E-state index contributed by atoms with van der Waals surface area (Å²) in [5.74, 6) is 0. The van der Waals surface area contributed by atoms with Gasteiger partial charge in [-0.15, -0.1) is 4.98 Å². The molecule has 5 nitrogen and oxygen atoms in total. The molecule has 0 radical (unpaired) electrons. The fourth-order valence-corrected chi connectivity index (χ4v) is 0.835. The van der Waals surface area contributed by atoms with Gasteiger partial charge >= 0.3 is 0 Å². The van der Waals surface area contributed by atoms with Crippen molar-refractivity contribution in [1.29, 1.82) is 0 Å². The number of aromatic nitrogens is 4. The van der Waals surface area contributed by atoms with Crippen LogP contribution in [-0.2, 0) is 0 Å². The highest BCUT2D eigenvalue weighted by atomic mass is 16.5. The molecule has 2 heterocycles. The molecule has 0 N–H and O–H groups in total. The molecule has 11 heavy (non-hydrogen) atoms. The Bertz CT molecular complexity index is 384. The topological polar surface area (TPSA) is 65.6 Å². The summed E-state index contributed by atoms with van der Waals surface area (Å²) in [6, 6.07) is 1.68. The molecule has 0 aromatic carbocycles. The fraction of sp³-hybridized carbons (Fsp3) is 0. The summed E-state index contributed by atoms with van der Waals surface area (Å²) in [5, 5.41) is 18.8. The molecule has 0 spiro atoms. The summed E-state index contributed by atoms with van der Waals surface area (Å²) in [4.78, 5) is 3.70. The van der Waals surface area contributed by atoms with E-state index in [-0.39, 0.29) is 0 Å². The average molecular weight is 148 g/mol. The van der Waals surface area contributed by atoms with E-state index in [4.69, 9.17) is 0 Å². The van der Waals surface area contributed by atoms with E-state index in [1.165, 1.54) is 6.20 Å². The normalized spacial score (nSPS) is 10.2. The summed E-state index contributed by atoms with van der Waals surface area (Å²) in [5.41, 5.74) is 0.294. The van der Waals surface area contributed by atoms with Crippen LogP contribution in [0.5, 0.6) is 0 Å². The molecule has 0 atom stereocenters. The Morgan fingerprint density at radius 3 is 3.18 bits per heavy atom. The first kappa shape index (κ1) is 5.96. The third-order valence-corrected chi connectivity index (χ3v) is 1.33. The van der Waals surface area contributed by atoms with Crippen LogP contribution in [0.15, 0.2) is 24.8 Å². The highest BCUT2D eigenvalue weighted by molar-refractivity contribution is 5.68. The van der Waals surface area contributed by atoms with E-state index < -0.39 is 0 Å². The van der Waals surface area contributed by atoms with Gasteiger partial charge in [0, 0.05) is 5.10 Å². The van der Waals surface area contributed by atoms with Crippen LogP contribution in [-0.4, -0.2) is 15.2 Å². The third kappa shape index (κ3) is 0.861. The summed E-state index contributed by atoms with van der Waals surface area (Å²) < 4.78 is 0.586. The smallest absolute Gasteiger partial charge is 0.299 e. The maximum Gasteiger partial charge on any atom is 0.299 e. The van der Waals surface area contributed by atoms with Crippen molar-refractivity contribution in [3.05, 3.63) is 30.0 Å². The van der Waals surface area contributed by atoms with Gasteiger partial charge in [0.25, 0.3) is 5.65 Å². The molecule has 0 fully saturated rings. The summed E-state index contributed by atoms with van der Waals surface area (Å²) in [6.07, 6.45) is 4.24. The molecular weight excluding hydrogens is 144 g/mol. The Hall–Kier alpha value is -1.78. The molecule has 0 aliphatic rings. The number of hydrogen-bond donors (Lipinski definition) is 0. The van der Waals surface area contributed by atoms with Gasteiger partial charge in [-0.25, -0.2) is 4.73 Å². The lowest BCUT2D eigenvalue weighted by atomic mass is 10.4. The van der Waals surface area contributed by atoms with E-state index >= 15 is 0 Å². The Morgan fingerprint density at radius 2 is 2.36 bits per heavy atom. The van der Waals surface area contributed by atoms with Gasteiger partial charge in [-0.3, -0.25) is 0 Å². The summed E-state index contributed by atoms with van der Waals surface area (Å²) in [6.45, 7) is 0. The number of nitrogens with zero attached hydrogens (tertiary/aromatic N) is 4. The van der Waals surface area contributed by atoms with E-state index in [0.717, 1.165) is 6.33 Å². The van der Waals surface area contributed by atoms with Crippen molar-refractivity contribution in [3.8, 4) is 0 Å². The van der Waals surface area contributed by atoms with Crippen LogP contribution in [0.3, 0.4) is 0 Å². The highest BCUT2D eigenvalue weighted by Gasteiger charge is 2.01. The lowest BCUT2D eigenvalue weighted by Crippen LogP contribution is -2.28. The molecule has 0 unspecified atom stereocenters. The SMILES string of the molecule is [O-][n+]1cncc2ccnnc21. The van der Waals surface area contributed by atoms with Crippen LogP contribution in [0.25, 0.3) is 11.0 Å². The number of rotatable bonds is 0. The Balaban J connectivity index is 2.91. The third-order valence-electron chi connectivity index (χ3n) is 1.33. The highest BCUT2D eigenvalue weighted by Crippen LogP contribution is 1.99. The van der Waals surface area contributed by atoms with Crippen LogP contribution < -0.4 is 4.73 Å². The van der Waals surface area contributed by atoms with E-state index in [1.54, 1.807) is 12.3 Å². The van der Waals surface area contributed by atoms with E-state index in [9.17, 15) is 5.21 Å². The van der Waals surface area contributed by atoms with Gasteiger partial charge in [-0.1, -0.05) is 5.10 Å². The minimum absolute atomic E-state index is 0.294. The monoisotopic (exact) mass is 148 g/mol. The summed E-state index contributed by atoms with van der Waals surface area (Å²) in [7, 11) is 0. The molecular formula is C6H4N4O. The first-order valence-corrected chi connectivity index (χ1v) is 3.02. The van der Waals surface area contributed by atoms with Crippen LogP contribution in [0, 0.1) is 5.21 Å². The number of hydrogen-bond acceptors (Lipinski definition) is 4. The molecule has 2 aromatic rings. The standard InChI is InChI=1S/C6H4N4O/c11-10-4-7-3-5-1-2-8-9-6(5)10/h1-4H. The minimum Gasteiger partial charge on any atom is -0.740 e. The second-order valence-corrected chi connectivity index (χ2v) is 2.03. The predicted molar refractivity (Wildman–Crippen MR) is 36.3 cm³/mol. The predicted octanol–water partition coefficient (Wildman–Crippen LogP) is -0.342. The Labute approximate surface area is 61.9 Å². The molecule has 0 aliphatic carbocycles. The maximum atomic E-state index is 10.9. The van der Waals surface area contributed by atoms with Gasteiger partial charge in [-0.2, -0.15) is 0 Å². The van der Waals surface area contributed by atoms with Crippen LogP contribution in [0.2, 0.25) is 0 Å². The van der Waals surface area contributed by atoms with Crippen molar-refractivity contribution in [2.75, 3.05) is 0 Å². The van der Waals surface area contributed by atoms with Crippen LogP contribution in [0.1, 0.15) is 0 Å². The van der Waals surface area contributed by atoms with E-state index in [1.807, 2.05) is 0 Å². The molecule has 2 rings (SSSR count). The number of fused-ring (bicyclic) bond motifs is 1. The Kier molecular flexibility index (Phi) is 1.15. The zero-order valence-corrected chi connectivity index (χ0v) is 5.51. The van der Waals surface area contributed by atoms with Crippen molar-refractivity contribution >= 4 is 11.0 Å². The fourth-order valence-electron chi connectivity index (χ4n) is 0.835. The first-order valence-electron chi connectivity index (χ1n) is 3.02. The van der Waals surface area contributed by atoms with Gasteiger partial charge in [0.1, 0.15) is 6.20 Å². The average Bonchev–Trinajstić information content (AvgIpc) is 2.06. The van der Waals surface area contributed by atoms with E-state index in [2.05, 4.69) is 15.2 Å². The van der Waals surface area contributed by atoms with Crippen LogP contribution in [0.4, 0.5) is 0 Å². The second-order valence-electron chi connectivity index (χ2n) is 2.03. The minimum atomic E-state index is 0.294. The van der Waals surface area contributed by atoms with Gasteiger partial charge in [0.05, 0.1) is 11.6 Å². The van der Waals surface area contributed by atoms with Crippen molar-refractivity contribution in [2.45, 2.75) is 0 Å². The van der Waals surface area contributed by atoms with Gasteiger partial charge < -0.3 is 5.21 Å². The molecule has 0 saturated carbocycles. The molecule has 0 amide bonds. The molecule has 0 aliphatic heterocycles. The molecule has 0 bridgehead atoms. The van der Waals surface area contributed by atoms with Gasteiger partial charge in [0.15, 0.2) is 0 Å². The largest absolute Gasteiger partial charge is 0.740 e. The quantitative estimate of drug-likeness (QED) is 0.378. The zero-order chi connectivity index (χ0) is 7.68. The van der Waals surface area contributed by atoms with Gasteiger partial charge in [-0.05, 0) is 6.07 Å². The second kappa shape index (κ2) is 2.12. The lowest BCUT2D eigenvalue weighted by Gasteiger charge is -2.00. The van der Waals surface area contributed by atoms with Crippen molar-refractivity contribution in [1.82, 2.24) is 15.2 Å². The molecule has 54 valence electrons. The lowest BCUT2D eigenvalue weighted by molar-refractivity contribution is -0.582. The van der Waals surface area contributed by atoms with Crippen molar-refractivity contribution < 1.29 is 4.73 Å².